The van der Waals surface area contributed by atoms with Crippen molar-refractivity contribution in [3.05, 3.63) is 96.5 Å². The number of anilines is 1. The highest BCUT2D eigenvalue weighted by Crippen LogP contribution is 2.18. The minimum absolute atomic E-state index is 0.268. The number of ether oxygens (including phenoxy) is 1. The van der Waals surface area contributed by atoms with Crippen molar-refractivity contribution in [1.29, 1.82) is 0 Å². The molecule has 0 fully saturated rings. The second-order valence-electron chi connectivity index (χ2n) is 6.89. The molecule has 3 aromatic rings. The summed E-state index contributed by atoms with van der Waals surface area (Å²) in [6, 6.07) is 18.8. The number of rotatable bonds is 10. The highest BCUT2D eigenvalue weighted by molar-refractivity contribution is 6.02. The number of carbonyl (C=O) groups excluding carboxylic acids is 1. The van der Waals surface area contributed by atoms with E-state index in [4.69, 9.17) is 9.15 Å². The summed E-state index contributed by atoms with van der Waals surface area (Å²) >= 11 is 0. The molecule has 166 valence electrons. The van der Waals surface area contributed by atoms with E-state index in [9.17, 15) is 4.79 Å². The lowest BCUT2D eigenvalue weighted by Crippen LogP contribution is -2.36. The third-order valence-corrected chi connectivity index (χ3v) is 4.47. The molecule has 0 atom stereocenters. The molecule has 7 nitrogen and oxygen atoms in total. The normalized spacial score (nSPS) is 11.0. The number of guanidine groups is 1. The predicted octanol–water partition coefficient (Wildman–Crippen LogP) is 4.35. The van der Waals surface area contributed by atoms with Gasteiger partial charge in [-0.05, 0) is 42.8 Å². The number of nitrogens with zero attached hydrogens (tertiary/aromatic N) is 1. The third kappa shape index (κ3) is 6.77. The summed E-state index contributed by atoms with van der Waals surface area (Å²) in [6.07, 6.45) is 3.19. The fourth-order valence-electron chi connectivity index (χ4n) is 2.98. The maximum Gasteiger partial charge on any atom is 0.291 e. The van der Waals surface area contributed by atoms with Crippen LogP contribution in [0.3, 0.4) is 0 Å². The Balaban J connectivity index is 1.63. The van der Waals surface area contributed by atoms with E-state index < -0.39 is 0 Å². The molecule has 0 aliphatic heterocycles. The van der Waals surface area contributed by atoms with Gasteiger partial charge < -0.3 is 25.1 Å². The molecule has 3 rings (SSSR count). The van der Waals surface area contributed by atoms with E-state index >= 15 is 0 Å². The van der Waals surface area contributed by atoms with Crippen molar-refractivity contribution in [3.8, 4) is 5.75 Å². The van der Waals surface area contributed by atoms with E-state index in [1.165, 1.54) is 6.26 Å². The van der Waals surface area contributed by atoms with Crippen LogP contribution in [0.5, 0.6) is 5.75 Å². The molecule has 1 amide bonds. The lowest BCUT2D eigenvalue weighted by Gasteiger charge is -2.14. The maximum absolute atomic E-state index is 12.2. The van der Waals surface area contributed by atoms with Crippen LogP contribution >= 0.6 is 0 Å². The third-order valence-electron chi connectivity index (χ3n) is 4.47. The maximum atomic E-state index is 12.2. The van der Waals surface area contributed by atoms with Gasteiger partial charge in [0, 0.05) is 24.3 Å². The minimum Gasteiger partial charge on any atom is -0.489 e. The van der Waals surface area contributed by atoms with Crippen LogP contribution in [0.15, 0.2) is 89.0 Å². The molecule has 0 spiro atoms. The van der Waals surface area contributed by atoms with Gasteiger partial charge in [-0.15, -0.1) is 0 Å². The Morgan fingerprint density at radius 3 is 2.78 bits per heavy atom. The van der Waals surface area contributed by atoms with Crippen LogP contribution in [-0.2, 0) is 13.1 Å². The molecule has 3 N–H and O–H groups in total. The van der Waals surface area contributed by atoms with Crippen LogP contribution < -0.4 is 20.7 Å². The number of para-hydroxylation sites is 1. The van der Waals surface area contributed by atoms with E-state index in [2.05, 4.69) is 27.5 Å². The van der Waals surface area contributed by atoms with Crippen LogP contribution in [0.1, 0.15) is 28.6 Å². The van der Waals surface area contributed by atoms with Gasteiger partial charge >= 0.3 is 0 Å². The lowest BCUT2D eigenvalue weighted by molar-refractivity contribution is 0.0996. The molecule has 0 radical (unpaired) electrons. The largest absolute Gasteiger partial charge is 0.489 e. The highest BCUT2D eigenvalue weighted by Gasteiger charge is 2.09. The average Bonchev–Trinajstić information content (AvgIpc) is 3.35. The minimum atomic E-state index is -0.289. The second kappa shape index (κ2) is 12.0. The molecule has 0 aliphatic carbocycles. The number of amides is 1. The zero-order valence-electron chi connectivity index (χ0n) is 18.1. The molecule has 0 unspecified atom stereocenters. The summed E-state index contributed by atoms with van der Waals surface area (Å²) in [7, 11) is 0. The molecular weight excluding hydrogens is 404 g/mol. The first-order valence-electron chi connectivity index (χ1n) is 10.5. The highest BCUT2D eigenvalue weighted by atomic mass is 16.5. The van der Waals surface area contributed by atoms with Crippen LogP contribution in [0.4, 0.5) is 5.69 Å². The first-order valence-corrected chi connectivity index (χ1v) is 10.5. The van der Waals surface area contributed by atoms with Crippen LogP contribution in [0.2, 0.25) is 0 Å². The van der Waals surface area contributed by atoms with E-state index in [0.29, 0.717) is 31.3 Å². The van der Waals surface area contributed by atoms with E-state index in [1.54, 1.807) is 18.2 Å². The molecule has 32 heavy (non-hydrogen) atoms. The van der Waals surface area contributed by atoms with Gasteiger partial charge in [0.1, 0.15) is 12.4 Å². The van der Waals surface area contributed by atoms with Gasteiger partial charge in [-0.1, -0.05) is 43.0 Å². The molecular formula is C25H28N4O3. The molecule has 0 saturated heterocycles. The predicted molar refractivity (Wildman–Crippen MR) is 127 cm³/mol. The van der Waals surface area contributed by atoms with Crippen molar-refractivity contribution in [1.82, 2.24) is 10.6 Å². The molecule has 2 aromatic carbocycles. The fraction of sp³-hybridized carbons (Fsp3) is 0.200. The van der Waals surface area contributed by atoms with Gasteiger partial charge in [-0.3, -0.25) is 4.79 Å². The van der Waals surface area contributed by atoms with Crippen LogP contribution in [0, 0.1) is 0 Å². The second-order valence-corrected chi connectivity index (χ2v) is 6.89. The van der Waals surface area contributed by atoms with E-state index in [1.807, 2.05) is 55.5 Å². The van der Waals surface area contributed by atoms with E-state index in [0.717, 1.165) is 23.4 Å². The number of hydrogen-bond donors (Lipinski definition) is 3. The first-order chi connectivity index (χ1) is 15.7. The fourth-order valence-corrected chi connectivity index (χ4v) is 2.98. The zero-order chi connectivity index (χ0) is 22.6. The summed E-state index contributed by atoms with van der Waals surface area (Å²) in [5, 5.41) is 9.43. The van der Waals surface area contributed by atoms with Crippen molar-refractivity contribution >= 4 is 17.6 Å². The van der Waals surface area contributed by atoms with Crippen LogP contribution in [-0.4, -0.2) is 25.0 Å². The number of benzene rings is 2. The summed E-state index contributed by atoms with van der Waals surface area (Å²) in [5.41, 5.74) is 2.68. The van der Waals surface area contributed by atoms with Gasteiger partial charge in [0.15, 0.2) is 11.7 Å². The summed E-state index contributed by atoms with van der Waals surface area (Å²) in [5.74, 6) is 1.49. The topological polar surface area (TPSA) is 87.9 Å². The van der Waals surface area contributed by atoms with Gasteiger partial charge in [-0.2, -0.15) is 0 Å². The number of carbonyl (C=O) groups is 1. The Kier molecular flexibility index (Phi) is 8.50. The van der Waals surface area contributed by atoms with E-state index in [-0.39, 0.29) is 11.7 Å². The Labute approximate surface area is 188 Å². The Morgan fingerprint density at radius 2 is 2.00 bits per heavy atom. The summed E-state index contributed by atoms with van der Waals surface area (Å²) < 4.78 is 10.9. The van der Waals surface area contributed by atoms with Crippen molar-refractivity contribution in [2.75, 3.05) is 18.5 Å². The number of aliphatic imine (C=N–C) groups is 1. The first kappa shape index (κ1) is 22.7. The Bertz CT molecular complexity index is 1040. The monoisotopic (exact) mass is 432 g/mol. The van der Waals surface area contributed by atoms with Gasteiger partial charge in [0.05, 0.1) is 12.8 Å². The number of hydrogen-bond acceptors (Lipinski definition) is 4. The van der Waals surface area contributed by atoms with Gasteiger partial charge in [0.25, 0.3) is 5.91 Å². The number of nitrogens with one attached hydrogen (secondary N) is 3. The van der Waals surface area contributed by atoms with Crippen molar-refractivity contribution in [3.63, 3.8) is 0 Å². The van der Waals surface area contributed by atoms with Gasteiger partial charge in [0.2, 0.25) is 0 Å². The number of furan rings is 1. The standard InChI is InChI=1S/C25H28N4O3/c1-3-14-31-22-12-6-5-10-20(22)18-28-25(26-4-2)27-17-19-9-7-11-21(16-19)29-24(30)23-13-8-15-32-23/h3,5-13,15-16H,1,4,14,17-18H2,2H3,(H,29,30)(H2,26,27,28). The summed E-state index contributed by atoms with van der Waals surface area (Å²) in [4.78, 5) is 16.8. The molecule has 0 saturated carbocycles. The quantitative estimate of drug-likeness (QED) is 0.252. The summed E-state index contributed by atoms with van der Waals surface area (Å²) in [6.45, 7) is 7.92. The molecule has 0 aliphatic rings. The Morgan fingerprint density at radius 1 is 1.12 bits per heavy atom. The van der Waals surface area contributed by atoms with Crippen molar-refractivity contribution in [2.45, 2.75) is 20.0 Å². The zero-order valence-corrected chi connectivity index (χ0v) is 18.1. The molecule has 0 bridgehead atoms. The van der Waals surface area contributed by atoms with Crippen molar-refractivity contribution in [2.24, 2.45) is 4.99 Å². The molecule has 1 aromatic heterocycles. The van der Waals surface area contributed by atoms with Crippen molar-refractivity contribution < 1.29 is 13.9 Å². The average molecular weight is 433 g/mol. The van der Waals surface area contributed by atoms with Gasteiger partial charge in [-0.25, -0.2) is 4.99 Å². The van der Waals surface area contributed by atoms with Crippen LogP contribution in [0.25, 0.3) is 0 Å². The lowest BCUT2D eigenvalue weighted by atomic mass is 10.2. The smallest absolute Gasteiger partial charge is 0.291 e. The molecule has 7 heteroatoms. The Hall–Kier alpha value is -4.00. The molecule has 1 heterocycles. The SMILES string of the molecule is C=CCOc1ccccc1CNC(=NCc1cccc(NC(=O)c2ccco2)c1)NCC.